The van der Waals surface area contributed by atoms with Gasteiger partial charge in [-0.3, -0.25) is 9.36 Å². The van der Waals surface area contributed by atoms with Gasteiger partial charge in [-0.1, -0.05) is 0 Å². The lowest BCUT2D eigenvalue weighted by Gasteiger charge is -2.27. The number of hydrogen-bond donors (Lipinski definition) is 4. The fourth-order valence-electron chi connectivity index (χ4n) is 2.03. The van der Waals surface area contributed by atoms with E-state index in [1.54, 1.807) is 0 Å². The molecule has 0 aromatic heterocycles. The van der Waals surface area contributed by atoms with Crippen molar-refractivity contribution in [2.75, 3.05) is 12.7 Å². The van der Waals surface area contributed by atoms with Crippen LogP contribution >= 0.6 is 7.60 Å². The van der Waals surface area contributed by atoms with Crippen molar-refractivity contribution in [3.8, 4) is 0 Å². The molecule has 1 heterocycles. The van der Waals surface area contributed by atoms with E-state index in [-0.39, 0.29) is 12.1 Å². The Bertz CT molecular complexity index is 290. The lowest BCUT2D eigenvalue weighted by Crippen LogP contribution is -2.43. The summed E-state index contributed by atoms with van der Waals surface area (Å²) < 4.78 is 10.6. The van der Waals surface area contributed by atoms with Crippen molar-refractivity contribution in [3.63, 3.8) is 0 Å². The normalized spacial score (nSPS) is 26.6. The molecule has 0 bridgehead atoms. The van der Waals surface area contributed by atoms with Crippen LogP contribution in [0.4, 0.5) is 0 Å². The summed E-state index contributed by atoms with van der Waals surface area (Å²) in [5, 5.41) is 11.7. The molecule has 7 heteroatoms. The molecule has 16 heavy (non-hydrogen) atoms. The standard InChI is InChI=1S/C9H18NO5P/c11-9(12)8-6-7(3-4-10-8)2-1-5-16(13,14)15/h7-8,10H,1-6H2,(H,11,12)(H2,13,14,15)/t7-,8+/m0/s1. The third-order valence-electron chi connectivity index (χ3n) is 2.87. The fourth-order valence-corrected chi connectivity index (χ4v) is 2.63. The zero-order valence-corrected chi connectivity index (χ0v) is 9.90. The van der Waals surface area contributed by atoms with Crippen LogP contribution < -0.4 is 5.32 Å². The number of carbonyl (C=O) groups is 1. The van der Waals surface area contributed by atoms with Crippen LogP contribution in [0.15, 0.2) is 0 Å². The highest BCUT2D eigenvalue weighted by Crippen LogP contribution is 2.36. The highest BCUT2D eigenvalue weighted by Gasteiger charge is 2.26. The van der Waals surface area contributed by atoms with E-state index < -0.39 is 19.6 Å². The first kappa shape index (κ1) is 13.6. The van der Waals surface area contributed by atoms with Gasteiger partial charge in [-0.25, -0.2) is 0 Å². The summed E-state index contributed by atoms with van der Waals surface area (Å²) >= 11 is 0. The maximum Gasteiger partial charge on any atom is 0.325 e. The highest BCUT2D eigenvalue weighted by atomic mass is 31.2. The summed E-state index contributed by atoms with van der Waals surface area (Å²) in [7, 11) is -3.90. The van der Waals surface area contributed by atoms with Gasteiger partial charge in [0.1, 0.15) is 6.04 Å². The fraction of sp³-hybridized carbons (Fsp3) is 0.889. The number of nitrogens with one attached hydrogen (secondary N) is 1. The molecule has 1 aliphatic heterocycles. The summed E-state index contributed by atoms with van der Waals surface area (Å²) in [4.78, 5) is 28.1. The van der Waals surface area contributed by atoms with Crippen LogP contribution in [0, 0.1) is 5.92 Å². The summed E-state index contributed by atoms with van der Waals surface area (Å²) in [6.07, 6.45) is 2.48. The van der Waals surface area contributed by atoms with Crippen molar-refractivity contribution >= 4 is 13.6 Å². The summed E-state index contributed by atoms with van der Waals surface area (Å²) in [5.74, 6) is -0.589. The van der Waals surface area contributed by atoms with Gasteiger partial charge in [-0.15, -0.1) is 0 Å². The highest BCUT2D eigenvalue weighted by molar-refractivity contribution is 7.51. The minimum absolute atomic E-state index is 0.103. The van der Waals surface area contributed by atoms with Crippen molar-refractivity contribution in [2.24, 2.45) is 5.92 Å². The molecule has 0 saturated carbocycles. The molecule has 1 aliphatic rings. The number of rotatable bonds is 5. The molecule has 1 rings (SSSR count). The Morgan fingerprint density at radius 3 is 2.69 bits per heavy atom. The second kappa shape index (κ2) is 5.77. The third-order valence-corrected chi connectivity index (χ3v) is 3.77. The van der Waals surface area contributed by atoms with E-state index in [0.717, 1.165) is 6.42 Å². The largest absolute Gasteiger partial charge is 0.480 e. The van der Waals surface area contributed by atoms with Crippen LogP contribution in [-0.4, -0.2) is 39.6 Å². The molecule has 0 radical (unpaired) electrons. The van der Waals surface area contributed by atoms with E-state index in [0.29, 0.717) is 25.8 Å². The molecule has 4 N–H and O–H groups in total. The summed E-state index contributed by atoms with van der Waals surface area (Å²) in [6, 6.07) is -0.506. The second-order valence-electron chi connectivity index (χ2n) is 4.27. The Morgan fingerprint density at radius 1 is 1.44 bits per heavy atom. The van der Waals surface area contributed by atoms with Crippen molar-refractivity contribution in [1.82, 2.24) is 5.32 Å². The lowest BCUT2D eigenvalue weighted by molar-refractivity contribution is -0.140. The number of hydrogen-bond acceptors (Lipinski definition) is 3. The first-order valence-electron chi connectivity index (χ1n) is 5.39. The van der Waals surface area contributed by atoms with Crippen LogP contribution in [0.3, 0.4) is 0 Å². The maximum absolute atomic E-state index is 10.7. The molecule has 94 valence electrons. The molecule has 1 fully saturated rings. The van der Waals surface area contributed by atoms with Crippen LogP contribution in [0.25, 0.3) is 0 Å². The van der Waals surface area contributed by atoms with Gasteiger partial charge in [0.2, 0.25) is 0 Å². The van der Waals surface area contributed by atoms with Crippen molar-refractivity contribution in [1.29, 1.82) is 0 Å². The lowest BCUT2D eigenvalue weighted by atomic mass is 9.89. The first-order valence-corrected chi connectivity index (χ1v) is 7.19. The molecule has 0 spiro atoms. The maximum atomic E-state index is 10.7. The van der Waals surface area contributed by atoms with Gasteiger partial charge in [0.25, 0.3) is 0 Å². The van der Waals surface area contributed by atoms with Crippen molar-refractivity contribution in [2.45, 2.75) is 31.7 Å². The van der Waals surface area contributed by atoms with Crippen LogP contribution in [0.1, 0.15) is 25.7 Å². The van der Waals surface area contributed by atoms with E-state index in [1.807, 2.05) is 0 Å². The molecule has 6 nitrogen and oxygen atoms in total. The number of carboxylic acid groups (broad SMARTS) is 1. The van der Waals surface area contributed by atoms with Gasteiger partial charge < -0.3 is 20.2 Å². The average Bonchev–Trinajstić information content (AvgIpc) is 2.16. The Labute approximate surface area is 94.2 Å². The van der Waals surface area contributed by atoms with Crippen LogP contribution in [0.2, 0.25) is 0 Å². The van der Waals surface area contributed by atoms with Crippen molar-refractivity contribution < 1.29 is 24.3 Å². The van der Waals surface area contributed by atoms with E-state index in [4.69, 9.17) is 14.9 Å². The van der Waals surface area contributed by atoms with Gasteiger partial charge in [-0.05, 0) is 38.1 Å². The zero-order valence-electron chi connectivity index (χ0n) is 9.00. The predicted molar refractivity (Wildman–Crippen MR) is 58.3 cm³/mol. The molecular weight excluding hydrogens is 233 g/mol. The van der Waals surface area contributed by atoms with E-state index >= 15 is 0 Å². The number of piperidine rings is 1. The minimum Gasteiger partial charge on any atom is -0.480 e. The van der Waals surface area contributed by atoms with Gasteiger partial charge in [0.15, 0.2) is 0 Å². The average molecular weight is 251 g/mol. The van der Waals surface area contributed by atoms with Crippen LogP contribution in [-0.2, 0) is 9.36 Å². The Morgan fingerprint density at radius 2 is 2.12 bits per heavy atom. The van der Waals surface area contributed by atoms with Gasteiger partial charge in [0, 0.05) is 6.16 Å². The van der Waals surface area contributed by atoms with E-state index in [9.17, 15) is 9.36 Å². The molecule has 2 atom stereocenters. The quantitative estimate of drug-likeness (QED) is 0.527. The number of aliphatic carboxylic acids is 1. The molecule has 0 aromatic rings. The topological polar surface area (TPSA) is 107 Å². The monoisotopic (exact) mass is 251 g/mol. The first-order chi connectivity index (χ1) is 7.38. The molecule has 1 saturated heterocycles. The second-order valence-corrected chi connectivity index (χ2v) is 6.04. The molecular formula is C9H18NO5P. The van der Waals surface area contributed by atoms with E-state index in [2.05, 4.69) is 5.32 Å². The van der Waals surface area contributed by atoms with E-state index in [1.165, 1.54) is 0 Å². The Hall–Kier alpha value is -0.420. The predicted octanol–water partition coefficient (Wildman–Crippen LogP) is 0.397. The SMILES string of the molecule is O=C(O)[C@H]1C[C@@H](CCCP(=O)(O)O)CCN1. The molecule has 0 aliphatic carbocycles. The zero-order chi connectivity index (χ0) is 12.2. The Balaban J connectivity index is 2.27. The number of carboxylic acids is 1. The van der Waals surface area contributed by atoms with Crippen LogP contribution in [0.5, 0.6) is 0 Å². The third kappa shape index (κ3) is 5.07. The van der Waals surface area contributed by atoms with Gasteiger partial charge in [-0.2, -0.15) is 0 Å². The minimum atomic E-state index is -3.90. The van der Waals surface area contributed by atoms with Gasteiger partial charge >= 0.3 is 13.6 Å². The molecule has 0 aromatic carbocycles. The molecule has 0 unspecified atom stereocenters. The Kier molecular flexibility index (Phi) is 4.92. The summed E-state index contributed by atoms with van der Waals surface area (Å²) in [5.41, 5.74) is 0. The molecule has 0 amide bonds. The van der Waals surface area contributed by atoms with Gasteiger partial charge in [0.05, 0.1) is 0 Å². The van der Waals surface area contributed by atoms with Crippen molar-refractivity contribution in [3.05, 3.63) is 0 Å². The summed E-state index contributed by atoms with van der Waals surface area (Å²) in [6.45, 7) is 0.664. The smallest absolute Gasteiger partial charge is 0.325 e.